The molecule has 142 valence electrons. The molecular formula is C17H21NO7S. The van der Waals surface area contributed by atoms with Crippen LogP contribution >= 0.6 is 11.3 Å². The Morgan fingerprint density at radius 1 is 1.23 bits per heavy atom. The van der Waals surface area contributed by atoms with E-state index in [1.54, 1.807) is 13.0 Å². The van der Waals surface area contributed by atoms with Crippen LogP contribution in [0.5, 0.6) is 0 Å². The van der Waals surface area contributed by atoms with Gasteiger partial charge < -0.3 is 24.3 Å². The largest absolute Gasteiger partial charge is 0.493 e. The van der Waals surface area contributed by atoms with E-state index in [0.29, 0.717) is 11.6 Å². The van der Waals surface area contributed by atoms with E-state index >= 15 is 0 Å². The van der Waals surface area contributed by atoms with Crippen molar-refractivity contribution in [1.29, 1.82) is 0 Å². The molecule has 0 bridgehead atoms. The average Bonchev–Trinajstić information content (AvgIpc) is 3.05. The molecule has 2 rings (SSSR count). The van der Waals surface area contributed by atoms with Crippen molar-refractivity contribution in [3.05, 3.63) is 28.5 Å². The fourth-order valence-electron chi connectivity index (χ4n) is 1.99. The Balaban J connectivity index is 2.00. The van der Waals surface area contributed by atoms with Crippen molar-refractivity contribution in [3.8, 4) is 0 Å². The third-order valence-electron chi connectivity index (χ3n) is 3.25. The molecule has 0 unspecified atom stereocenters. The lowest BCUT2D eigenvalue weighted by atomic mass is 10.1. The van der Waals surface area contributed by atoms with Gasteiger partial charge in [0.25, 0.3) is 5.91 Å². The second-order valence-electron chi connectivity index (χ2n) is 5.59. The number of amides is 1. The van der Waals surface area contributed by atoms with E-state index in [-0.39, 0.29) is 30.5 Å². The predicted octanol–water partition coefficient (Wildman–Crippen LogP) is 2.42. The summed E-state index contributed by atoms with van der Waals surface area (Å²) in [6.07, 6.45) is 1.15. The van der Waals surface area contributed by atoms with Crippen LogP contribution < -0.4 is 5.32 Å². The predicted molar refractivity (Wildman–Crippen MR) is 93.9 cm³/mol. The molecule has 0 fully saturated rings. The molecule has 1 N–H and O–H groups in total. The van der Waals surface area contributed by atoms with Crippen molar-refractivity contribution < 1.29 is 33.3 Å². The summed E-state index contributed by atoms with van der Waals surface area (Å²) in [7, 11) is 0. The Bertz CT molecular complexity index is 708. The van der Waals surface area contributed by atoms with E-state index in [9.17, 15) is 14.4 Å². The summed E-state index contributed by atoms with van der Waals surface area (Å²) >= 11 is 1.28. The highest BCUT2D eigenvalue weighted by molar-refractivity contribution is 7.16. The van der Waals surface area contributed by atoms with Crippen LogP contribution in [0.1, 0.15) is 41.9 Å². The molecule has 0 saturated carbocycles. The smallest absolute Gasteiger partial charge is 0.377 e. The van der Waals surface area contributed by atoms with Crippen LogP contribution in [0.2, 0.25) is 0 Å². The molecule has 0 saturated heterocycles. The fraction of sp³-hybridized carbons (Fsp3) is 0.471. The first-order chi connectivity index (χ1) is 12.4. The zero-order valence-corrected chi connectivity index (χ0v) is 15.6. The number of carbonyl (C=O) groups excluding carboxylic acids is 3. The van der Waals surface area contributed by atoms with Crippen LogP contribution in [0.15, 0.2) is 18.1 Å². The number of carbonyl (C=O) groups is 3. The number of ether oxygens (including phenoxy) is 4. The van der Waals surface area contributed by atoms with Gasteiger partial charge in [0.2, 0.25) is 5.76 Å². The van der Waals surface area contributed by atoms with E-state index in [0.717, 1.165) is 11.1 Å². The van der Waals surface area contributed by atoms with E-state index in [1.807, 2.05) is 13.8 Å². The van der Waals surface area contributed by atoms with E-state index in [4.69, 9.17) is 18.9 Å². The minimum atomic E-state index is -0.792. The minimum absolute atomic E-state index is 0.0884. The van der Waals surface area contributed by atoms with Crippen molar-refractivity contribution in [3.63, 3.8) is 0 Å². The molecule has 1 aliphatic heterocycles. The molecule has 1 aromatic rings. The van der Waals surface area contributed by atoms with Gasteiger partial charge >= 0.3 is 11.9 Å². The molecule has 2 heterocycles. The summed E-state index contributed by atoms with van der Waals surface area (Å²) < 4.78 is 19.9. The lowest BCUT2D eigenvalue weighted by Gasteiger charge is -2.14. The maximum atomic E-state index is 12.1. The third-order valence-corrected chi connectivity index (χ3v) is 4.60. The number of hydrogen-bond donors (Lipinski definition) is 1. The first-order valence-electron chi connectivity index (χ1n) is 8.14. The number of rotatable bonds is 7. The lowest BCUT2D eigenvalue weighted by molar-refractivity contribution is -0.148. The van der Waals surface area contributed by atoms with Crippen LogP contribution in [-0.2, 0) is 28.5 Å². The first kappa shape index (κ1) is 19.8. The number of anilines is 1. The van der Waals surface area contributed by atoms with Crippen molar-refractivity contribution in [2.45, 2.75) is 26.7 Å². The van der Waals surface area contributed by atoms with Crippen LogP contribution in [0.25, 0.3) is 0 Å². The van der Waals surface area contributed by atoms with Crippen molar-refractivity contribution in [2.75, 3.05) is 31.7 Å². The Kier molecular flexibility index (Phi) is 7.02. The fourth-order valence-corrected chi connectivity index (χ4v) is 3.05. The number of esters is 2. The molecule has 0 spiro atoms. The third kappa shape index (κ3) is 5.22. The van der Waals surface area contributed by atoms with Gasteiger partial charge in [-0.25, -0.2) is 9.59 Å². The highest BCUT2D eigenvalue weighted by atomic mass is 32.1. The molecule has 1 amide bonds. The highest BCUT2D eigenvalue weighted by Crippen LogP contribution is 2.33. The van der Waals surface area contributed by atoms with Gasteiger partial charge in [-0.3, -0.25) is 4.79 Å². The summed E-state index contributed by atoms with van der Waals surface area (Å²) in [4.78, 5) is 36.8. The van der Waals surface area contributed by atoms with Gasteiger partial charge in [0.05, 0.1) is 12.2 Å². The summed E-state index contributed by atoms with van der Waals surface area (Å²) in [6, 6.07) is 1.70. The molecule has 0 aromatic carbocycles. The first-order valence-corrected chi connectivity index (χ1v) is 8.96. The molecule has 9 heteroatoms. The van der Waals surface area contributed by atoms with Gasteiger partial charge in [-0.1, -0.05) is 13.8 Å². The Labute approximate surface area is 155 Å². The maximum Gasteiger partial charge on any atom is 0.377 e. The van der Waals surface area contributed by atoms with Gasteiger partial charge in [0.1, 0.15) is 24.5 Å². The Hall–Kier alpha value is -2.55. The monoisotopic (exact) mass is 383 g/mol. The molecule has 8 nitrogen and oxygen atoms in total. The van der Waals surface area contributed by atoms with Crippen LogP contribution in [0, 0.1) is 0 Å². The zero-order chi connectivity index (χ0) is 19.1. The summed E-state index contributed by atoms with van der Waals surface area (Å²) in [6.45, 7) is 5.97. The molecule has 0 atom stereocenters. The second kappa shape index (κ2) is 9.23. The van der Waals surface area contributed by atoms with Crippen LogP contribution in [0.4, 0.5) is 5.00 Å². The molecular weight excluding hydrogens is 362 g/mol. The minimum Gasteiger partial charge on any atom is -0.493 e. The SMILES string of the molecule is CCOC(=O)c1cc(C(C)C)sc1NC(=O)COC(=O)C1=COCCO1. The van der Waals surface area contributed by atoms with Crippen molar-refractivity contribution in [2.24, 2.45) is 0 Å². The summed E-state index contributed by atoms with van der Waals surface area (Å²) in [5, 5.41) is 2.96. The maximum absolute atomic E-state index is 12.1. The summed E-state index contributed by atoms with van der Waals surface area (Å²) in [5.41, 5.74) is 0.284. The number of nitrogens with one attached hydrogen (secondary N) is 1. The van der Waals surface area contributed by atoms with Gasteiger partial charge in [-0.2, -0.15) is 0 Å². The summed E-state index contributed by atoms with van der Waals surface area (Å²) in [5.74, 6) is -1.78. The molecule has 1 aliphatic rings. The Morgan fingerprint density at radius 3 is 2.62 bits per heavy atom. The molecule has 1 aromatic heterocycles. The topological polar surface area (TPSA) is 100 Å². The molecule has 0 radical (unpaired) electrons. The van der Waals surface area contributed by atoms with Gasteiger partial charge in [0, 0.05) is 4.88 Å². The van der Waals surface area contributed by atoms with Gasteiger partial charge in [-0.05, 0) is 18.9 Å². The molecule has 0 aliphatic carbocycles. The zero-order valence-electron chi connectivity index (χ0n) is 14.8. The standard InChI is InChI=1S/C17H21NO7S/c1-4-23-16(20)11-7-13(10(2)3)26-15(11)18-14(19)9-25-17(21)12-8-22-5-6-24-12/h7-8,10H,4-6,9H2,1-3H3,(H,18,19). The lowest BCUT2D eigenvalue weighted by Crippen LogP contribution is -2.24. The quantitative estimate of drug-likeness (QED) is 0.722. The average molecular weight is 383 g/mol. The van der Waals surface area contributed by atoms with Gasteiger partial charge in [-0.15, -0.1) is 11.3 Å². The second-order valence-corrected chi connectivity index (χ2v) is 6.68. The number of thiophene rings is 1. The van der Waals surface area contributed by atoms with Crippen molar-refractivity contribution in [1.82, 2.24) is 0 Å². The van der Waals surface area contributed by atoms with Crippen LogP contribution in [0.3, 0.4) is 0 Å². The number of hydrogen-bond acceptors (Lipinski definition) is 8. The van der Waals surface area contributed by atoms with E-state index < -0.39 is 24.5 Å². The van der Waals surface area contributed by atoms with Gasteiger partial charge in [0.15, 0.2) is 6.61 Å². The Morgan fingerprint density at radius 2 is 2.00 bits per heavy atom. The normalized spacial score (nSPS) is 13.3. The molecule has 26 heavy (non-hydrogen) atoms. The van der Waals surface area contributed by atoms with E-state index in [2.05, 4.69) is 5.32 Å². The van der Waals surface area contributed by atoms with Crippen LogP contribution in [-0.4, -0.2) is 44.3 Å². The highest BCUT2D eigenvalue weighted by Gasteiger charge is 2.22. The van der Waals surface area contributed by atoms with Crippen molar-refractivity contribution >= 4 is 34.2 Å². The van der Waals surface area contributed by atoms with E-state index in [1.165, 1.54) is 11.3 Å².